The van der Waals surface area contributed by atoms with Crippen molar-refractivity contribution in [2.24, 2.45) is 0 Å². The summed E-state index contributed by atoms with van der Waals surface area (Å²) in [6.45, 7) is 0.399. The van der Waals surface area contributed by atoms with Gasteiger partial charge in [-0.05, 0) is 35.9 Å². The van der Waals surface area contributed by atoms with Crippen LogP contribution in [-0.4, -0.2) is 29.7 Å². The van der Waals surface area contributed by atoms with E-state index in [4.69, 9.17) is 11.6 Å². The predicted octanol–water partition coefficient (Wildman–Crippen LogP) is 4.14. The highest BCUT2D eigenvalue weighted by Gasteiger charge is 2.09. The summed E-state index contributed by atoms with van der Waals surface area (Å²) in [7, 11) is 1.34. The molecule has 0 unspecified atom stereocenters. The van der Waals surface area contributed by atoms with E-state index >= 15 is 0 Å². The molecule has 8 heteroatoms. The Morgan fingerprint density at radius 2 is 2.00 bits per heavy atom. The number of aromatic nitrogens is 1. The van der Waals surface area contributed by atoms with Crippen molar-refractivity contribution >= 4 is 56.8 Å². The van der Waals surface area contributed by atoms with Gasteiger partial charge in [-0.25, -0.2) is 9.78 Å². The van der Waals surface area contributed by atoms with Crippen LogP contribution in [0.2, 0.25) is 5.02 Å². The Morgan fingerprint density at radius 3 is 2.73 bits per heavy atom. The molecule has 2 aromatic carbocycles. The van der Waals surface area contributed by atoms with E-state index in [1.807, 2.05) is 18.2 Å². The zero-order chi connectivity index (χ0) is 18.5. The Labute approximate surface area is 163 Å². The highest BCUT2D eigenvalue weighted by atomic mass is 35.5. The van der Waals surface area contributed by atoms with E-state index in [2.05, 4.69) is 15.0 Å². The van der Waals surface area contributed by atoms with Gasteiger partial charge in [0.15, 0.2) is 4.34 Å². The minimum atomic E-state index is -0.380. The molecule has 26 heavy (non-hydrogen) atoms. The Hall–Kier alpha value is -2.09. The highest BCUT2D eigenvalue weighted by Crippen LogP contribution is 2.30. The fourth-order valence-electron chi connectivity index (χ4n) is 2.20. The van der Waals surface area contributed by atoms with Crippen molar-refractivity contribution in [2.75, 3.05) is 12.9 Å². The first kappa shape index (κ1) is 18.7. The number of nitrogens with zero attached hydrogens (tertiary/aromatic N) is 1. The molecule has 134 valence electrons. The normalized spacial score (nSPS) is 10.7. The molecule has 0 saturated heterocycles. The fraction of sp³-hybridized carbons (Fsp3) is 0.167. The number of carbonyl (C=O) groups excluding carboxylic acids is 2. The lowest BCUT2D eigenvalue weighted by Crippen LogP contribution is -2.24. The lowest BCUT2D eigenvalue weighted by Gasteiger charge is -2.05. The minimum absolute atomic E-state index is 0.0793. The molecule has 0 radical (unpaired) electrons. The fourth-order valence-corrected chi connectivity index (χ4v) is 4.24. The van der Waals surface area contributed by atoms with E-state index in [1.54, 1.807) is 24.3 Å². The molecule has 5 nitrogen and oxygen atoms in total. The second kappa shape index (κ2) is 8.53. The van der Waals surface area contributed by atoms with Crippen molar-refractivity contribution < 1.29 is 14.3 Å². The molecule has 0 spiro atoms. The third-order valence-electron chi connectivity index (χ3n) is 3.52. The van der Waals surface area contributed by atoms with Gasteiger partial charge in [0.2, 0.25) is 5.91 Å². The van der Waals surface area contributed by atoms with Gasteiger partial charge in [-0.15, -0.1) is 11.3 Å². The molecule has 0 aliphatic carbocycles. The van der Waals surface area contributed by atoms with Crippen molar-refractivity contribution in [3.05, 3.63) is 58.6 Å². The second-order valence-corrected chi connectivity index (χ2v) is 8.04. The summed E-state index contributed by atoms with van der Waals surface area (Å²) in [5, 5.41) is 3.50. The average molecular weight is 407 g/mol. The molecule has 0 aliphatic rings. The Morgan fingerprint density at radius 1 is 1.23 bits per heavy atom. The summed E-state index contributed by atoms with van der Waals surface area (Å²) in [6, 6.07) is 12.5. The number of fused-ring (bicyclic) bond motifs is 1. The van der Waals surface area contributed by atoms with Gasteiger partial charge >= 0.3 is 5.97 Å². The maximum atomic E-state index is 12.0. The van der Waals surface area contributed by atoms with Crippen molar-refractivity contribution in [1.29, 1.82) is 0 Å². The first-order valence-corrected chi connectivity index (χ1v) is 9.86. The van der Waals surface area contributed by atoms with E-state index in [-0.39, 0.29) is 17.6 Å². The van der Waals surface area contributed by atoms with Crippen molar-refractivity contribution in [1.82, 2.24) is 10.3 Å². The Balaban J connectivity index is 1.49. The first-order valence-electron chi connectivity index (χ1n) is 7.68. The van der Waals surface area contributed by atoms with Crippen LogP contribution in [0.3, 0.4) is 0 Å². The Bertz CT molecular complexity index is 941. The van der Waals surface area contributed by atoms with Gasteiger partial charge < -0.3 is 10.1 Å². The number of rotatable bonds is 6. The molecule has 1 heterocycles. The average Bonchev–Trinajstić information content (AvgIpc) is 3.06. The summed E-state index contributed by atoms with van der Waals surface area (Å²) in [4.78, 5) is 27.9. The second-order valence-electron chi connectivity index (χ2n) is 5.35. The van der Waals surface area contributed by atoms with E-state index in [0.717, 1.165) is 20.1 Å². The van der Waals surface area contributed by atoms with Crippen LogP contribution in [0, 0.1) is 0 Å². The van der Waals surface area contributed by atoms with Gasteiger partial charge in [-0.3, -0.25) is 4.79 Å². The van der Waals surface area contributed by atoms with E-state index in [0.29, 0.717) is 17.1 Å². The van der Waals surface area contributed by atoms with Crippen LogP contribution in [0.5, 0.6) is 0 Å². The quantitative estimate of drug-likeness (QED) is 0.492. The number of amides is 1. The standard InChI is InChI=1S/C18H15ClN2O3S2/c1-24-17(23)12-4-2-11(3-5-12)9-20-16(22)10-25-18-21-14-8-13(19)6-7-15(14)26-18/h2-8H,9-10H2,1H3,(H,20,22). The van der Waals surface area contributed by atoms with Gasteiger partial charge in [-0.1, -0.05) is 35.5 Å². The van der Waals surface area contributed by atoms with Crippen LogP contribution in [0.25, 0.3) is 10.2 Å². The molecule has 3 aromatic rings. The van der Waals surface area contributed by atoms with Crippen LogP contribution in [0.15, 0.2) is 46.8 Å². The number of thioether (sulfide) groups is 1. The molecular formula is C18H15ClN2O3S2. The van der Waals surface area contributed by atoms with Crippen LogP contribution in [0.4, 0.5) is 0 Å². The SMILES string of the molecule is COC(=O)c1ccc(CNC(=O)CSc2nc3cc(Cl)ccc3s2)cc1. The van der Waals surface area contributed by atoms with Crippen LogP contribution < -0.4 is 5.32 Å². The summed E-state index contributed by atoms with van der Waals surface area (Å²) >= 11 is 8.89. The van der Waals surface area contributed by atoms with Crippen molar-refractivity contribution in [2.45, 2.75) is 10.9 Å². The van der Waals surface area contributed by atoms with Crippen molar-refractivity contribution in [3.63, 3.8) is 0 Å². The number of hydrogen-bond donors (Lipinski definition) is 1. The molecule has 0 saturated carbocycles. The van der Waals surface area contributed by atoms with Crippen LogP contribution in [0.1, 0.15) is 15.9 Å². The maximum Gasteiger partial charge on any atom is 0.337 e. The smallest absolute Gasteiger partial charge is 0.337 e. The van der Waals surface area contributed by atoms with Gasteiger partial charge in [-0.2, -0.15) is 0 Å². The molecule has 1 aromatic heterocycles. The lowest BCUT2D eigenvalue weighted by molar-refractivity contribution is -0.118. The van der Waals surface area contributed by atoms with E-state index in [1.165, 1.54) is 30.2 Å². The number of thiazole rings is 1. The topological polar surface area (TPSA) is 68.3 Å². The Kier molecular flexibility index (Phi) is 6.13. The zero-order valence-corrected chi connectivity index (χ0v) is 16.2. The van der Waals surface area contributed by atoms with E-state index < -0.39 is 0 Å². The predicted molar refractivity (Wildman–Crippen MR) is 105 cm³/mol. The van der Waals surface area contributed by atoms with Gasteiger partial charge in [0.05, 0.1) is 28.6 Å². The largest absolute Gasteiger partial charge is 0.465 e. The zero-order valence-electron chi connectivity index (χ0n) is 13.8. The molecule has 3 rings (SSSR count). The summed E-state index contributed by atoms with van der Waals surface area (Å²) in [5.41, 5.74) is 2.23. The van der Waals surface area contributed by atoms with Gasteiger partial charge in [0.25, 0.3) is 0 Å². The molecule has 0 bridgehead atoms. The number of esters is 1. The third-order valence-corrected chi connectivity index (χ3v) is 5.94. The van der Waals surface area contributed by atoms with Gasteiger partial charge in [0.1, 0.15) is 0 Å². The summed E-state index contributed by atoms with van der Waals surface area (Å²) in [6.07, 6.45) is 0. The molecule has 0 atom stereocenters. The summed E-state index contributed by atoms with van der Waals surface area (Å²) in [5.74, 6) is -0.174. The molecular weight excluding hydrogens is 392 g/mol. The third kappa shape index (κ3) is 4.75. The molecule has 0 fully saturated rings. The number of ether oxygens (including phenoxy) is 1. The maximum absolute atomic E-state index is 12.0. The number of halogens is 1. The van der Waals surface area contributed by atoms with Crippen LogP contribution >= 0.6 is 34.7 Å². The number of hydrogen-bond acceptors (Lipinski definition) is 6. The summed E-state index contributed by atoms with van der Waals surface area (Å²) < 4.78 is 6.53. The molecule has 1 N–H and O–H groups in total. The number of nitrogens with one attached hydrogen (secondary N) is 1. The van der Waals surface area contributed by atoms with Crippen LogP contribution in [-0.2, 0) is 16.1 Å². The monoisotopic (exact) mass is 406 g/mol. The highest BCUT2D eigenvalue weighted by molar-refractivity contribution is 8.01. The number of methoxy groups -OCH3 is 1. The number of carbonyl (C=O) groups is 2. The van der Waals surface area contributed by atoms with Crippen molar-refractivity contribution in [3.8, 4) is 0 Å². The lowest BCUT2D eigenvalue weighted by atomic mass is 10.1. The molecule has 1 amide bonds. The minimum Gasteiger partial charge on any atom is -0.465 e. The number of benzene rings is 2. The first-order chi connectivity index (χ1) is 12.5. The van der Waals surface area contributed by atoms with E-state index in [9.17, 15) is 9.59 Å². The molecule has 0 aliphatic heterocycles. The van der Waals surface area contributed by atoms with Gasteiger partial charge in [0, 0.05) is 11.6 Å².